The Morgan fingerprint density at radius 1 is 1.12 bits per heavy atom. The van der Waals surface area contributed by atoms with Crippen molar-refractivity contribution in [2.45, 2.75) is 18.2 Å². The molecule has 2 aromatic carbocycles. The van der Waals surface area contributed by atoms with Crippen LogP contribution in [-0.2, 0) is 4.79 Å². The molecule has 26 heavy (non-hydrogen) atoms. The molecule has 0 aliphatic rings. The van der Waals surface area contributed by atoms with E-state index in [1.165, 1.54) is 23.1 Å². The second-order valence-corrected chi connectivity index (χ2v) is 7.78. The van der Waals surface area contributed by atoms with Crippen LogP contribution in [0.2, 0.25) is 0 Å². The Labute approximate surface area is 161 Å². The van der Waals surface area contributed by atoms with Crippen molar-refractivity contribution in [2.75, 3.05) is 22.5 Å². The maximum atomic E-state index is 12.6. The first kappa shape index (κ1) is 18.4. The highest BCUT2D eigenvalue weighted by Gasteiger charge is 2.17. The third kappa shape index (κ3) is 4.62. The zero-order valence-corrected chi connectivity index (χ0v) is 16.3. The summed E-state index contributed by atoms with van der Waals surface area (Å²) in [6.45, 7) is 4.65. The number of hydrogen-bond donors (Lipinski definition) is 1. The highest BCUT2D eigenvalue weighted by atomic mass is 32.2. The number of benzene rings is 2. The van der Waals surface area contributed by atoms with Gasteiger partial charge in [0, 0.05) is 17.9 Å². The molecule has 0 aliphatic heterocycles. The molecule has 0 bridgehead atoms. The Kier molecular flexibility index (Phi) is 6.25. The number of aromatic nitrogens is 2. The minimum Gasteiger partial charge on any atom is -0.330 e. The first-order valence-corrected chi connectivity index (χ1v) is 10.1. The quantitative estimate of drug-likeness (QED) is 0.597. The Hall–Kier alpha value is -2.38. The van der Waals surface area contributed by atoms with E-state index in [9.17, 15) is 4.79 Å². The smallest absolute Gasteiger partial charge is 0.237 e. The third-order valence-electron chi connectivity index (χ3n) is 3.77. The molecule has 0 unspecified atom stereocenters. The van der Waals surface area contributed by atoms with Gasteiger partial charge in [0.2, 0.25) is 11.0 Å². The van der Waals surface area contributed by atoms with Crippen LogP contribution in [0, 0.1) is 6.92 Å². The monoisotopic (exact) mass is 384 g/mol. The summed E-state index contributed by atoms with van der Waals surface area (Å²) in [6.07, 6.45) is 0. The van der Waals surface area contributed by atoms with E-state index in [0.29, 0.717) is 12.3 Å². The lowest BCUT2D eigenvalue weighted by atomic mass is 10.2. The van der Waals surface area contributed by atoms with Crippen LogP contribution in [-0.4, -0.2) is 28.4 Å². The van der Waals surface area contributed by atoms with Gasteiger partial charge in [0.1, 0.15) is 0 Å². The van der Waals surface area contributed by atoms with Crippen molar-refractivity contribution in [3.05, 3.63) is 60.2 Å². The van der Waals surface area contributed by atoms with Gasteiger partial charge >= 0.3 is 0 Å². The van der Waals surface area contributed by atoms with Gasteiger partial charge in [0.05, 0.1) is 5.75 Å². The minimum absolute atomic E-state index is 0.0690. The average Bonchev–Trinajstić information content (AvgIpc) is 3.10. The van der Waals surface area contributed by atoms with Gasteiger partial charge in [-0.15, -0.1) is 10.2 Å². The van der Waals surface area contributed by atoms with E-state index in [-0.39, 0.29) is 5.91 Å². The number of rotatable bonds is 7. The maximum absolute atomic E-state index is 12.6. The number of carbonyl (C=O) groups is 1. The normalized spacial score (nSPS) is 10.5. The molecule has 1 amide bonds. The number of para-hydroxylation sites is 2. The molecule has 0 atom stereocenters. The lowest BCUT2D eigenvalue weighted by Crippen LogP contribution is -2.32. The summed E-state index contributed by atoms with van der Waals surface area (Å²) in [5.74, 6) is 0.405. The molecular formula is C19H20N4OS2. The van der Waals surface area contributed by atoms with E-state index in [4.69, 9.17) is 0 Å². The van der Waals surface area contributed by atoms with Crippen molar-refractivity contribution in [1.29, 1.82) is 0 Å². The van der Waals surface area contributed by atoms with Gasteiger partial charge in [-0.25, -0.2) is 0 Å². The Morgan fingerprint density at radius 3 is 2.58 bits per heavy atom. The molecule has 1 heterocycles. The zero-order chi connectivity index (χ0) is 18.4. The van der Waals surface area contributed by atoms with Crippen molar-refractivity contribution in [3.63, 3.8) is 0 Å². The summed E-state index contributed by atoms with van der Waals surface area (Å²) >= 11 is 2.86. The summed E-state index contributed by atoms with van der Waals surface area (Å²) in [6, 6.07) is 17.8. The molecule has 1 aromatic heterocycles. The highest BCUT2D eigenvalue weighted by Crippen LogP contribution is 2.28. The first-order chi connectivity index (χ1) is 12.7. The molecule has 0 radical (unpaired) electrons. The van der Waals surface area contributed by atoms with Gasteiger partial charge in [-0.1, -0.05) is 59.5 Å². The van der Waals surface area contributed by atoms with Crippen LogP contribution in [0.1, 0.15) is 12.5 Å². The third-order valence-corrected chi connectivity index (χ3v) is 5.73. The standard InChI is InChI=1S/C19H20N4OS2/c1-3-23(16-12-8-7-9-14(16)2)17(24)13-25-19-22-21-18(26-19)20-15-10-5-4-6-11-15/h4-12H,3,13H2,1-2H3,(H,20,21). The number of nitrogens with zero attached hydrogens (tertiary/aromatic N) is 3. The van der Waals surface area contributed by atoms with Gasteiger partial charge in [-0.05, 0) is 37.6 Å². The summed E-state index contributed by atoms with van der Waals surface area (Å²) < 4.78 is 0.776. The van der Waals surface area contributed by atoms with E-state index in [1.807, 2.05) is 73.3 Å². The molecule has 3 aromatic rings. The Balaban J connectivity index is 1.60. The van der Waals surface area contributed by atoms with Gasteiger partial charge in [0.25, 0.3) is 0 Å². The number of hydrogen-bond acceptors (Lipinski definition) is 6. The van der Waals surface area contributed by atoms with Crippen molar-refractivity contribution in [2.24, 2.45) is 0 Å². The number of anilines is 3. The van der Waals surface area contributed by atoms with Crippen LogP contribution < -0.4 is 10.2 Å². The minimum atomic E-state index is 0.0690. The van der Waals surface area contributed by atoms with Gasteiger partial charge in [-0.2, -0.15) is 0 Å². The van der Waals surface area contributed by atoms with E-state index in [2.05, 4.69) is 15.5 Å². The predicted molar refractivity (Wildman–Crippen MR) is 110 cm³/mol. The van der Waals surface area contributed by atoms with Crippen molar-refractivity contribution >= 4 is 45.5 Å². The van der Waals surface area contributed by atoms with Crippen LogP contribution in [0.15, 0.2) is 58.9 Å². The topological polar surface area (TPSA) is 58.1 Å². The first-order valence-electron chi connectivity index (χ1n) is 8.31. The second kappa shape index (κ2) is 8.82. The maximum Gasteiger partial charge on any atom is 0.237 e. The second-order valence-electron chi connectivity index (χ2n) is 5.58. The fourth-order valence-electron chi connectivity index (χ4n) is 2.51. The van der Waals surface area contributed by atoms with Crippen molar-refractivity contribution < 1.29 is 4.79 Å². The van der Waals surface area contributed by atoms with Crippen LogP contribution in [0.5, 0.6) is 0 Å². The molecule has 3 rings (SSSR count). The molecule has 1 N–H and O–H groups in total. The van der Waals surface area contributed by atoms with Crippen molar-refractivity contribution in [1.82, 2.24) is 10.2 Å². The van der Waals surface area contributed by atoms with Crippen LogP contribution in [0.3, 0.4) is 0 Å². The van der Waals surface area contributed by atoms with E-state index >= 15 is 0 Å². The van der Waals surface area contributed by atoms with E-state index in [0.717, 1.165) is 26.4 Å². The molecule has 0 fully saturated rings. The molecule has 0 spiro atoms. The zero-order valence-electron chi connectivity index (χ0n) is 14.7. The fraction of sp³-hybridized carbons (Fsp3) is 0.211. The number of aryl methyl sites for hydroxylation is 1. The number of carbonyl (C=O) groups excluding carboxylic acids is 1. The number of thioether (sulfide) groups is 1. The molecule has 7 heteroatoms. The fourth-order valence-corrected chi connectivity index (χ4v) is 4.16. The molecule has 0 aliphatic carbocycles. The van der Waals surface area contributed by atoms with Crippen LogP contribution in [0.4, 0.5) is 16.5 Å². The molecular weight excluding hydrogens is 364 g/mol. The highest BCUT2D eigenvalue weighted by molar-refractivity contribution is 8.01. The van der Waals surface area contributed by atoms with Crippen LogP contribution in [0.25, 0.3) is 0 Å². The molecule has 5 nitrogen and oxygen atoms in total. The van der Waals surface area contributed by atoms with Crippen molar-refractivity contribution in [3.8, 4) is 0 Å². The lowest BCUT2D eigenvalue weighted by molar-refractivity contribution is -0.116. The largest absolute Gasteiger partial charge is 0.330 e. The van der Waals surface area contributed by atoms with Crippen LogP contribution >= 0.6 is 23.1 Å². The predicted octanol–water partition coefficient (Wildman–Crippen LogP) is 4.74. The number of amides is 1. The average molecular weight is 385 g/mol. The summed E-state index contributed by atoms with van der Waals surface area (Å²) in [5.41, 5.74) is 3.02. The SMILES string of the molecule is CCN(C(=O)CSc1nnc(Nc2ccccc2)s1)c1ccccc1C. The van der Waals surface area contributed by atoms with Gasteiger partial charge in [-0.3, -0.25) is 4.79 Å². The summed E-state index contributed by atoms with van der Waals surface area (Å²) in [4.78, 5) is 14.5. The summed E-state index contributed by atoms with van der Waals surface area (Å²) in [7, 11) is 0. The van der Waals surface area contributed by atoms with Gasteiger partial charge < -0.3 is 10.2 Å². The summed E-state index contributed by atoms with van der Waals surface area (Å²) in [5, 5.41) is 12.2. The Morgan fingerprint density at radius 2 is 1.85 bits per heavy atom. The lowest BCUT2D eigenvalue weighted by Gasteiger charge is -2.22. The van der Waals surface area contributed by atoms with E-state index < -0.39 is 0 Å². The van der Waals surface area contributed by atoms with Gasteiger partial charge in [0.15, 0.2) is 4.34 Å². The molecule has 0 saturated heterocycles. The molecule has 0 saturated carbocycles. The Bertz CT molecular complexity index is 867. The van der Waals surface area contributed by atoms with E-state index in [1.54, 1.807) is 0 Å². The molecule has 134 valence electrons. The number of nitrogens with one attached hydrogen (secondary N) is 1.